The molecule has 0 aliphatic heterocycles. The molecule has 5 nitrogen and oxygen atoms in total. The summed E-state index contributed by atoms with van der Waals surface area (Å²) in [5, 5.41) is 12.1. The van der Waals surface area contributed by atoms with Gasteiger partial charge in [0, 0.05) is 17.3 Å². The maximum absolute atomic E-state index is 12.8. The summed E-state index contributed by atoms with van der Waals surface area (Å²) in [7, 11) is 0. The topological polar surface area (TPSA) is 52.2 Å². The molecule has 0 saturated carbocycles. The van der Waals surface area contributed by atoms with Gasteiger partial charge < -0.3 is 0 Å². The van der Waals surface area contributed by atoms with Gasteiger partial charge >= 0.3 is 0 Å². The van der Waals surface area contributed by atoms with Gasteiger partial charge in [0.1, 0.15) is 4.70 Å². The van der Waals surface area contributed by atoms with Crippen molar-refractivity contribution in [1.29, 1.82) is 0 Å². The van der Waals surface area contributed by atoms with Crippen LogP contribution in [0.25, 0.3) is 16.0 Å². The Labute approximate surface area is 163 Å². The molecule has 0 bridgehead atoms. The number of aromatic nitrogens is 4. The van der Waals surface area contributed by atoms with E-state index in [0.717, 1.165) is 38.8 Å². The molecule has 0 spiro atoms. The predicted molar refractivity (Wildman–Crippen MR) is 109 cm³/mol. The maximum atomic E-state index is 12.8. The highest BCUT2D eigenvalue weighted by Crippen LogP contribution is 2.28. The van der Waals surface area contributed by atoms with Crippen LogP contribution in [0, 0.1) is 0 Å². The third-order valence-corrected chi connectivity index (χ3v) is 6.47. The number of thiophene rings is 1. The van der Waals surface area contributed by atoms with E-state index in [1.165, 1.54) is 11.3 Å². The van der Waals surface area contributed by atoms with Crippen molar-refractivity contribution in [2.75, 3.05) is 0 Å². The van der Waals surface area contributed by atoms with Crippen LogP contribution < -0.4 is 5.56 Å². The van der Waals surface area contributed by atoms with Crippen LogP contribution in [0.3, 0.4) is 0 Å². The number of fused-ring (bicyclic) bond motifs is 3. The third kappa shape index (κ3) is 3.04. The Morgan fingerprint density at radius 2 is 2.08 bits per heavy atom. The van der Waals surface area contributed by atoms with Gasteiger partial charge in [-0.05, 0) is 29.5 Å². The second-order valence-corrected chi connectivity index (χ2v) is 8.21. The molecule has 0 aliphatic carbocycles. The molecular formula is C18H17ClN4OS2. The minimum atomic E-state index is 0.0194. The fraction of sp³-hybridized carbons (Fsp3) is 0.278. The molecule has 26 heavy (non-hydrogen) atoms. The van der Waals surface area contributed by atoms with Gasteiger partial charge in [0.25, 0.3) is 5.56 Å². The molecule has 4 rings (SSSR count). The fourth-order valence-electron chi connectivity index (χ4n) is 2.87. The van der Waals surface area contributed by atoms with E-state index >= 15 is 0 Å². The lowest BCUT2D eigenvalue weighted by Gasteiger charge is -2.09. The largest absolute Gasteiger partial charge is 0.276 e. The Morgan fingerprint density at radius 1 is 1.23 bits per heavy atom. The Balaban J connectivity index is 1.80. The van der Waals surface area contributed by atoms with Gasteiger partial charge in [0.2, 0.25) is 5.78 Å². The van der Waals surface area contributed by atoms with Crippen molar-refractivity contribution >= 4 is 50.7 Å². The number of halogens is 1. The molecular weight excluding hydrogens is 388 g/mol. The molecule has 0 amide bonds. The second kappa shape index (κ2) is 7.42. The third-order valence-electron chi connectivity index (χ3n) is 4.23. The first-order valence-corrected chi connectivity index (χ1v) is 10.7. The van der Waals surface area contributed by atoms with Crippen LogP contribution in [0.15, 0.2) is 45.7 Å². The molecule has 0 N–H and O–H groups in total. The Morgan fingerprint density at radius 3 is 2.88 bits per heavy atom. The lowest BCUT2D eigenvalue weighted by Crippen LogP contribution is -2.22. The lowest BCUT2D eigenvalue weighted by atomic mass is 10.2. The Kier molecular flexibility index (Phi) is 5.02. The first-order valence-electron chi connectivity index (χ1n) is 8.42. The van der Waals surface area contributed by atoms with Crippen LogP contribution in [-0.2, 0) is 12.3 Å². The summed E-state index contributed by atoms with van der Waals surface area (Å²) >= 11 is 9.30. The van der Waals surface area contributed by atoms with Crippen molar-refractivity contribution in [3.63, 3.8) is 0 Å². The summed E-state index contributed by atoms with van der Waals surface area (Å²) in [5.41, 5.74) is 1.94. The lowest BCUT2D eigenvalue weighted by molar-refractivity contribution is 0.621. The highest BCUT2D eigenvalue weighted by atomic mass is 35.5. The van der Waals surface area contributed by atoms with E-state index in [1.54, 1.807) is 16.3 Å². The van der Waals surface area contributed by atoms with Gasteiger partial charge in [-0.1, -0.05) is 54.9 Å². The number of hydrogen-bond donors (Lipinski definition) is 0. The Hall–Kier alpha value is -1.83. The normalized spacial score (nSPS) is 11.6. The van der Waals surface area contributed by atoms with E-state index in [4.69, 9.17) is 11.6 Å². The molecule has 0 radical (unpaired) electrons. The number of rotatable bonds is 6. The quantitative estimate of drug-likeness (QED) is 0.431. The first kappa shape index (κ1) is 17.6. The molecule has 134 valence electrons. The molecule has 0 fully saturated rings. The van der Waals surface area contributed by atoms with Gasteiger partial charge in [-0.3, -0.25) is 13.8 Å². The molecule has 3 aromatic heterocycles. The maximum Gasteiger partial charge on any atom is 0.272 e. The van der Waals surface area contributed by atoms with Crippen LogP contribution in [0.5, 0.6) is 0 Å². The summed E-state index contributed by atoms with van der Waals surface area (Å²) < 4.78 is 4.48. The van der Waals surface area contributed by atoms with Crippen LogP contribution in [0.1, 0.15) is 25.3 Å². The molecule has 0 atom stereocenters. The highest BCUT2D eigenvalue weighted by molar-refractivity contribution is 7.98. The van der Waals surface area contributed by atoms with E-state index in [2.05, 4.69) is 17.1 Å². The van der Waals surface area contributed by atoms with Crippen LogP contribution in [0.4, 0.5) is 0 Å². The standard InChI is InChI=1S/C18H17ClN4OS2/c1-2-3-9-22-16(24)15-14(8-10-25-15)23-17(22)20-21-18(23)26-11-12-6-4-5-7-13(12)19/h4-8,10H,2-3,9,11H2,1H3. The number of nitrogens with zero attached hydrogens (tertiary/aromatic N) is 4. The van der Waals surface area contributed by atoms with Crippen molar-refractivity contribution in [3.8, 4) is 0 Å². The van der Waals surface area contributed by atoms with E-state index in [0.29, 0.717) is 18.1 Å². The van der Waals surface area contributed by atoms with Crippen molar-refractivity contribution in [3.05, 3.63) is 56.7 Å². The van der Waals surface area contributed by atoms with Crippen LogP contribution >= 0.6 is 34.7 Å². The van der Waals surface area contributed by atoms with Crippen LogP contribution in [-0.4, -0.2) is 19.2 Å². The van der Waals surface area contributed by atoms with E-state index in [9.17, 15) is 4.79 Å². The minimum Gasteiger partial charge on any atom is -0.276 e. The number of hydrogen-bond acceptors (Lipinski definition) is 5. The smallest absolute Gasteiger partial charge is 0.272 e. The number of unbranched alkanes of at least 4 members (excludes halogenated alkanes) is 1. The predicted octanol–water partition coefficient (Wildman–Crippen LogP) is 4.85. The van der Waals surface area contributed by atoms with Crippen molar-refractivity contribution in [2.24, 2.45) is 0 Å². The zero-order valence-corrected chi connectivity index (χ0v) is 16.6. The zero-order chi connectivity index (χ0) is 18.1. The van der Waals surface area contributed by atoms with Gasteiger partial charge in [-0.2, -0.15) is 0 Å². The summed E-state index contributed by atoms with van der Waals surface area (Å²) in [5.74, 6) is 1.30. The average Bonchev–Trinajstić information content (AvgIpc) is 3.28. The monoisotopic (exact) mass is 404 g/mol. The van der Waals surface area contributed by atoms with E-state index in [1.807, 2.05) is 40.1 Å². The Bertz CT molecular complexity index is 1130. The van der Waals surface area contributed by atoms with Crippen molar-refractivity contribution in [1.82, 2.24) is 19.2 Å². The van der Waals surface area contributed by atoms with Crippen molar-refractivity contribution < 1.29 is 0 Å². The minimum absolute atomic E-state index is 0.0194. The van der Waals surface area contributed by atoms with Crippen LogP contribution in [0.2, 0.25) is 5.02 Å². The molecule has 3 heterocycles. The van der Waals surface area contributed by atoms with Gasteiger partial charge in [-0.15, -0.1) is 21.5 Å². The zero-order valence-electron chi connectivity index (χ0n) is 14.2. The summed E-state index contributed by atoms with van der Waals surface area (Å²) in [4.78, 5) is 12.8. The van der Waals surface area contributed by atoms with Gasteiger partial charge in [0.15, 0.2) is 5.16 Å². The summed E-state index contributed by atoms with van der Waals surface area (Å²) in [6.07, 6.45) is 1.95. The SMILES string of the molecule is CCCCn1c(=O)c2sccc2n2c(SCc3ccccc3Cl)nnc12. The number of thioether (sulfide) groups is 1. The van der Waals surface area contributed by atoms with Gasteiger partial charge in [-0.25, -0.2) is 0 Å². The average molecular weight is 405 g/mol. The van der Waals surface area contributed by atoms with Gasteiger partial charge in [0.05, 0.1) is 5.52 Å². The fourth-order valence-corrected chi connectivity index (χ4v) is 4.92. The molecule has 4 aromatic rings. The highest BCUT2D eigenvalue weighted by Gasteiger charge is 2.17. The first-order chi connectivity index (χ1) is 12.7. The molecule has 0 saturated heterocycles. The second-order valence-electron chi connectivity index (χ2n) is 5.94. The number of aryl methyl sites for hydroxylation is 1. The summed E-state index contributed by atoms with van der Waals surface area (Å²) in [6, 6.07) is 9.75. The summed E-state index contributed by atoms with van der Waals surface area (Å²) in [6.45, 7) is 2.76. The van der Waals surface area contributed by atoms with E-state index in [-0.39, 0.29) is 5.56 Å². The van der Waals surface area contributed by atoms with E-state index < -0.39 is 0 Å². The van der Waals surface area contributed by atoms with Crippen molar-refractivity contribution in [2.45, 2.75) is 37.2 Å². The molecule has 1 aromatic carbocycles. The molecule has 0 aliphatic rings. The molecule has 0 unspecified atom stereocenters. The number of benzene rings is 1. The molecule has 8 heteroatoms.